The van der Waals surface area contributed by atoms with Crippen LogP contribution in [0.15, 0.2) is 12.7 Å². The van der Waals surface area contributed by atoms with Gasteiger partial charge in [-0.3, -0.25) is 14.3 Å². The number of nitrogens with one attached hydrogen (secondary N) is 1. The van der Waals surface area contributed by atoms with Gasteiger partial charge in [-0.25, -0.2) is 4.98 Å². The van der Waals surface area contributed by atoms with Crippen LogP contribution in [0.2, 0.25) is 0 Å². The molecular formula is C13H22N4O3. The molecule has 1 atom stereocenters. The fourth-order valence-electron chi connectivity index (χ4n) is 1.88. The maximum atomic E-state index is 11.7. The second-order valence-corrected chi connectivity index (χ2v) is 6.01. The summed E-state index contributed by atoms with van der Waals surface area (Å²) in [5.74, 6) is -1.62. The van der Waals surface area contributed by atoms with Crippen molar-refractivity contribution >= 4 is 11.9 Å². The molecule has 0 saturated carbocycles. The zero-order chi connectivity index (χ0) is 15.2. The number of aromatic nitrogens is 3. The highest BCUT2D eigenvalue weighted by atomic mass is 16.4. The molecule has 1 rings (SSSR count). The van der Waals surface area contributed by atoms with Crippen LogP contribution in [0.1, 0.15) is 33.6 Å². The third kappa shape index (κ3) is 6.31. The molecule has 1 amide bonds. The zero-order valence-electron chi connectivity index (χ0n) is 12.2. The molecule has 112 valence electrons. The van der Waals surface area contributed by atoms with Crippen molar-refractivity contribution in [1.29, 1.82) is 0 Å². The summed E-state index contributed by atoms with van der Waals surface area (Å²) in [6, 6.07) is 0. The first-order chi connectivity index (χ1) is 9.28. The first kappa shape index (κ1) is 16.1. The Kier molecular flexibility index (Phi) is 5.66. The van der Waals surface area contributed by atoms with Crippen molar-refractivity contribution in [1.82, 2.24) is 20.1 Å². The lowest BCUT2D eigenvalue weighted by Crippen LogP contribution is -2.35. The lowest BCUT2D eigenvalue weighted by atomic mass is 9.84. The lowest BCUT2D eigenvalue weighted by molar-refractivity contribution is -0.142. The van der Waals surface area contributed by atoms with Gasteiger partial charge in [0.1, 0.15) is 12.7 Å². The van der Waals surface area contributed by atoms with Crippen LogP contribution in [0.5, 0.6) is 0 Å². The number of amides is 1. The average Bonchev–Trinajstić information content (AvgIpc) is 2.83. The Morgan fingerprint density at radius 2 is 2.10 bits per heavy atom. The summed E-state index contributed by atoms with van der Waals surface area (Å²) in [6.07, 6.45) is 3.71. The quantitative estimate of drug-likeness (QED) is 0.775. The second-order valence-electron chi connectivity index (χ2n) is 6.01. The summed E-state index contributed by atoms with van der Waals surface area (Å²) in [6.45, 7) is 6.53. The van der Waals surface area contributed by atoms with E-state index in [4.69, 9.17) is 5.11 Å². The predicted octanol–water partition coefficient (Wildman–Crippen LogP) is 0.921. The van der Waals surface area contributed by atoms with Crippen molar-refractivity contribution < 1.29 is 14.7 Å². The Hall–Kier alpha value is -1.92. The molecule has 0 saturated heterocycles. The number of carboxylic acids is 1. The Labute approximate surface area is 118 Å². The van der Waals surface area contributed by atoms with E-state index < -0.39 is 11.9 Å². The molecule has 1 aromatic heterocycles. The van der Waals surface area contributed by atoms with Crippen LogP contribution in [0.4, 0.5) is 0 Å². The Morgan fingerprint density at radius 1 is 1.40 bits per heavy atom. The molecule has 7 nitrogen and oxygen atoms in total. The monoisotopic (exact) mass is 282 g/mol. The highest BCUT2D eigenvalue weighted by Gasteiger charge is 2.24. The fourth-order valence-corrected chi connectivity index (χ4v) is 1.88. The first-order valence-electron chi connectivity index (χ1n) is 6.60. The van der Waals surface area contributed by atoms with Gasteiger partial charge in [-0.15, -0.1) is 0 Å². The maximum absolute atomic E-state index is 11.7. The minimum atomic E-state index is -0.878. The van der Waals surface area contributed by atoms with Crippen molar-refractivity contribution in [3.63, 3.8) is 0 Å². The molecular weight excluding hydrogens is 260 g/mol. The Morgan fingerprint density at radius 3 is 2.60 bits per heavy atom. The van der Waals surface area contributed by atoms with Crippen LogP contribution in [0.3, 0.4) is 0 Å². The molecule has 0 aliphatic rings. The van der Waals surface area contributed by atoms with Crippen LogP contribution < -0.4 is 5.32 Å². The van der Waals surface area contributed by atoms with Crippen molar-refractivity contribution in [2.45, 2.75) is 40.2 Å². The molecule has 2 N–H and O–H groups in total. The number of carbonyl (C=O) groups excluding carboxylic acids is 1. The number of hydrogen-bond donors (Lipinski definition) is 2. The SMILES string of the molecule is CC(C)(C)CC(CNC(=O)CCn1cncn1)C(=O)O. The molecule has 7 heteroatoms. The number of rotatable bonds is 7. The minimum Gasteiger partial charge on any atom is -0.481 e. The van der Waals surface area contributed by atoms with E-state index in [2.05, 4.69) is 15.4 Å². The summed E-state index contributed by atoms with van der Waals surface area (Å²) >= 11 is 0. The number of aryl methyl sites for hydroxylation is 1. The van der Waals surface area contributed by atoms with E-state index in [0.717, 1.165) is 0 Å². The normalized spacial score (nSPS) is 12.9. The number of hydrogen-bond acceptors (Lipinski definition) is 4. The molecule has 1 unspecified atom stereocenters. The third-order valence-electron chi connectivity index (χ3n) is 2.79. The first-order valence-corrected chi connectivity index (χ1v) is 6.60. The van der Waals surface area contributed by atoms with E-state index in [1.165, 1.54) is 12.7 Å². The lowest BCUT2D eigenvalue weighted by Gasteiger charge is -2.23. The van der Waals surface area contributed by atoms with E-state index in [-0.39, 0.29) is 24.3 Å². The zero-order valence-corrected chi connectivity index (χ0v) is 12.2. The highest BCUT2D eigenvalue weighted by Crippen LogP contribution is 2.24. The van der Waals surface area contributed by atoms with Crippen molar-refractivity contribution in [2.24, 2.45) is 11.3 Å². The standard InChI is InChI=1S/C13H22N4O3/c1-13(2,3)6-10(12(19)20)7-15-11(18)4-5-17-9-14-8-16-17/h8-10H,4-7H2,1-3H3,(H,15,18)(H,19,20). The fraction of sp³-hybridized carbons (Fsp3) is 0.692. The van der Waals surface area contributed by atoms with Gasteiger partial charge < -0.3 is 10.4 Å². The van der Waals surface area contributed by atoms with Crippen molar-refractivity contribution in [3.8, 4) is 0 Å². The van der Waals surface area contributed by atoms with Gasteiger partial charge in [-0.1, -0.05) is 20.8 Å². The average molecular weight is 282 g/mol. The molecule has 0 aliphatic heterocycles. The molecule has 0 fully saturated rings. The minimum absolute atomic E-state index is 0.0888. The summed E-state index contributed by atoms with van der Waals surface area (Å²) in [7, 11) is 0. The molecule has 0 radical (unpaired) electrons. The van der Waals surface area contributed by atoms with E-state index in [1.54, 1.807) is 4.68 Å². The van der Waals surface area contributed by atoms with Gasteiger partial charge in [0.2, 0.25) is 5.91 Å². The Balaban J connectivity index is 2.35. The van der Waals surface area contributed by atoms with Crippen LogP contribution in [0, 0.1) is 11.3 Å². The number of carbonyl (C=O) groups is 2. The smallest absolute Gasteiger partial charge is 0.308 e. The maximum Gasteiger partial charge on any atom is 0.308 e. The molecule has 20 heavy (non-hydrogen) atoms. The van der Waals surface area contributed by atoms with Gasteiger partial charge in [-0.05, 0) is 11.8 Å². The van der Waals surface area contributed by atoms with Gasteiger partial charge in [0.15, 0.2) is 0 Å². The second kappa shape index (κ2) is 7.02. The third-order valence-corrected chi connectivity index (χ3v) is 2.79. The molecule has 1 aromatic rings. The van der Waals surface area contributed by atoms with E-state index in [1.807, 2.05) is 20.8 Å². The summed E-state index contributed by atoms with van der Waals surface area (Å²) in [5.41, 5.74) is -0.0888. The van der Waals surface area contributed by atoms with Gasteiger partial charge in [0.25, 0.3) is 0 Å². The van der Waals surface area contributed by atoms with Crippen LogP contribution >= 0.6 is 0 Å². The van der Waals surface area contributed by atoms with Crippen molar-refractivity contribution in [2.75, 3.05) is 6.54 Å². The Bertz CT molecular complexity index is 437. The van der Waals surface area contributed by atoms with Gasteiger partial charge >= 0.3 is 5.97 Å². The van der Waals surface area contributed by atoms with Gasteiger partial charge in [0, 0.05) is 13.0 Å². The number of aliphatic carboxylic acids is 1. The summed E-state index contributed by atoms with van der Waals surface area (Å²) < 4.78 is 1.56. The molecule has 1 heterocycles. The molecule has 0 spiro atoms. The van der Waals surface area contributed by atoms with Gasteiger partial charge in [0.05, 0.1) is 12.5 Å². The molecule has 0 bridgehead atoms. The summed E-state index contributed by atoms with van der Waals surface area (Å²) in [5, 5.41) is 15.7. The van der Waals surface area contributed by atoms with Crippen LogP contribution in [0.25, 0.3) is 0 Å². The molecule has 0 aromatic carbocycles. The van der Waals surface area contributed by atoms with E-state index >= 15 is 0 Å². The molecule has 0 aliphatic carbocycles. The predicted molar refractivity (Wildman–Crippen MR) is 72.8 cm³/mol. The number of nitrogens with zero attached hydrogens (tertiary/aromatic N) is 3. The topological polar surface area (TPSA) is 97.1 Å². The van der Waals surface area contributed by atoms with E-state index in [0.29, 0.717) is 13.0 Å². The van der Waals surface area contributed by atoms with Crippen LogP contribution in [-0.4, -0.2) is 38.3 Å². The van der Waals surface area contributed by atoms with E-state index in [9.17, 15) is 9.59 Å². The number of carboxylic acid groups (broad SMARTS) is 1. The summed E-state index contributed by atoms with van der Waals surface area (Å²) in [4.78, 5) is 26.6. The van der Waals surface area contributed by atoms with Crippen LogP contribution in [-0.2, 0) is 16.1 Å². The van der Waals surface area contributed by atoms with Crippen molar-refractivity contribution in [3.05, 3.63) is 12.7 Å². The van der Waals surface area contributed by atoms with Gasteiger partial charge in [-0.2, -0.15) is 5.10 Å². The largest absolute Gasteiger partial charge is 0.481 e. The highest BCUT2D eigenvalue weighted by molar-refractivity contribution is 5.77.